The van der Waals surface area contributed by atoms with Gasteiger partial charge in [0.15, 0.2) is 0 Å². The molecule has 0 fully saturated rings. The zero-order chi connectivity index (χ0) is 15.5. The minimum atomic E-state index is -0.0748. The van der Waals surface area contributed by atoms with E-state index in [0.717, 1.165) is 16.0 Å². The number of rotatable bonds is 5. The molecular weight excluding hydrogens is 316 g/mol. The molecule has 0 radical (unpaired) electrons. The minimum Gasteiger partial charge on any atom is -0.340 e. The van der Waals surface area contributed by atoms with E-state index < -0.39 is 0 Å². The van der Waals surface area contributed by atoms with E-state index in [0.29, 0.717) is 13.1 Å². The highest BCUT2D eigenvalue weighted by Gasteiger charge is 2.24. The second-order valence-corrected chi connectivity index (χ2v) is 6.98. The summed E-state index contributed by atoms with van der Waals surface area (Å²) in [5, 5.41) is 1.97. The van der Waals surface area contributed by atoms with Gasteiger partial charge in [-0.2, -0.15) is 0 Å². The lowest BCUT2D eigenvalue weighted by molar-refractivity contribution is 0.0746. The quantitative estimate of drug-likeness (QED) is 0.898. The van der Waals surface area contributed by atoms with Gasteiger partial charge >= 0.3 is 0 Å². The molecule has 22 heavy (non-hydrogen) atoms. The zero-order valence-electron chi connectivity index (χ0n) is 13.2. The number of hydrogen-bond acceptors (Lipinski definition) is 3. The fraction of sp³-hybridized carbons (Fsp3) is 0.353. The van der Waals surface area contributed by atoms with Crippen LogP contribution in [0.3, 0.4) is 0 Å². The highest BCUT2D eigenvalue weighted by Crippen LogP contribution is 2.29. The standard InChI is InChI=1S/C17H22N2OS.ClH/c1-17(2,11-18)12-19(3)16(20)15-14(9-10-21-15)13-7-5-4-6-8-13;/h4-10H,11-12,18H2,1-3H3;1H. The van der Waals surface area contributed by atoms with Gasteiger partial charge in [0.05, 0.1) is 4.88 Å². The largest absolute Gasteiger partial charge is 0.340 e. The number of thiophene rings is 1. The van der Waals surface area contributed by atoms with Crippen LogP contribution in [0, 0.1) is 5.41 Å². The Kier molecular flexibility index (Phi) is 6.60. The molecule has 1 aromatic carbocycles. The lowest BCUT2D eigenvalue weighted by atomic mass is 9.93. The van der Waals surface area contributed by atoms with Gasteiger partial charge in [-0.25, -0.2) is 0 Å². The van der Waals surface area contributed by atoms with E-state index in [9.17, 15) is 4.79 Å². The van der Waals surface area contributed by atoms with Crippen molar-refractivity contribution in [1.82, 2.24) is 4.90 Å². The normalized spacial score (nSPS) is 10.9. The lowest BCUT2D eigenvalue weighted by Gasteiger charge is -2.29. The van der Waals surface area contributed by atoms with E-state index in [-0.39, 0.29) is 23.7 Å². The van der Waals surface area contributed by atoms with Crippen molar-refractivity contribution < 1.29 is 4.79 Å². The number of nitrogens with zero attached hydrogens (tertiary/aromatic N) is 1. The molecule has 1 heterocycles. The molecule has 1 aromatic heterocycles. The number of carbonyl (C=O) groups excluding carboxylic acids is 1. The topological polar surface area (TPSA) is 46.3 Å². The maximum absolute atomic E-state index is 12.7. The highest BCUT2D eigenvalue weighted by atomic mass is 35.5. The van der Waals surface area contributed by atoms with E-state index in [2.05, 4.69) is 13.8 Å². The molecule has 0 saturated carbocycles. The summed E-state index contributed by atoms with van der Waals surface area (Å²) in [4.78, 5) is 15.2. The summed E-state index contributed by atoms with van der Waals surface area (Å²) in [6.07, 6.45) is 0. The molecule has 1 amide bonds. The summed E-state index contributed by atoms with van der Waals surface area (Å²) in [7, 11) is 1.84. The number of nitrogens with two attached hydrogens (primary N) is 1. The van der Waals surface area contributed by atoms with Crippen molar-refractivity contribution in [3.8, 4) is 11.1 Å². The predicted octanol–water partition coefficient (Wildman–Crippen LogP) is 3.89. The molecule has 0 atom stereocenters. The molecule has 0 unspecified atom stereocenters. The molecular formula is C17H23ClN2OS. The Bertz CT molecular complexity index is 610. The van der Waals surface area contributed by atoms with E-state index in [1.165, 1.54) is 11.3 Å². The molecule has 0 aliphatic rings. The molecule has 120 valence electrons. The van der Waals surface area contributed by atoms with Crippen LogP contribution in [0.15, 0.2) is 41.8 Å². The van der Waals surface area contributed by atoms with Gasteiger partial charge in [-0.15, -0.1) is 23.7 Å². The molecule has 5 heteroatoms. The summed E-state index contributed by atoms with van der Waals surface area (Å²) in [5.41, 5.74) is 7.76. The average Bonchev–Trinajstić information content (AvgIpc) is 2.96. The van der Waals surface area contributed by atoms with E-state index in [1.807, 2.05) is 48.8 Å². The van der Waals surface area contributed by atoms with Gasteiger partial charge < -0.3 is 10.6 Å². The highest BCUT2D eigenvalue weighted by molar-refractivity contribution is 7.12. The average molecular weight is 339 g/mol. The first-order valence-electron chi connectivity index (χ1n) is 7.03. The molecule has 0 spiro atoms. The lowest BCUT2D eigenvalue weighted by Crippen LogP contribution is -2.39. The van der Waals surface area contributed by atoms with Crippen LogP contribution in [0.5, 0.6) is 0 Å². The molecule has 2 N–H and O–H groups in total. The third kappa shape index (κ3) is 4.32. The van der Waals surface area contributed by atoms with Gasteiger partial charge in [0, 0.05) is 19.2 Å². The summed E-state index contributed by atoms with van der Waals surface area (Å²) >= 11 is 1.49. The van der Waals surface area contributed by atoms with E-state index in [4.69, 9.17) is 5.73 Å². The van der Waals surface area contributed by atoms with Gasteiger partial charge in [0.1, 0.15) is 0 Å². The number of hydrogen-bond donors (Lipinski definition) is 1. The van der Waals surface area contributed by atoms with Gasteiger partial charge in [-0.3, -0.25) is 4.79 Å². The molecule has 0 bridgehead atoms. The minimum absolute atomic E-state index is 0. The first kappa shape index (κ1) is 18.7. The first-order valence-corrected chi connectivity index (χ1v) is 7.91. The summed E-state index contributed by atoms with van der Waals surface area (Å²) < 4.78 is 0. The summed E-state index contributed by atoms with van der Waals surface area (Å²) in [6, 6.07) is 12.0. The van der Waals surface area contributed by atoms with E-state index >= 15 is 0 Å². The molecule has 0 aliphatic carbocycles. The SMILES string of the molecule is CN(CC(C)(C)CN)C(=O)c1sccc1-c1ccccc1.Cl. The number of benzene rings is 1. The van der Waals surface area contributed by atoms with Crippen molar-refractivity contribution >= 4 is 29.7 Å². The van der Waals surface area contributed by atoms with Crippen LogP contribution in [0.4, 0.5) is 0 Å². The monoisotopic (exact) mass is 338 g/mol. The maximum Gasteiger partial charge on any atom is 0.264 e. The summed E-state index contributed by atoms with van der Waals surface area (Å²) in [6.45, 7) is 5.35. The van der Waals surface area contributed by atoms with Gasteiger partial charge in [-0.1, -0.05) is 44.2 Å². The van der Waals surface area contributed by atoms with Crippen LogP contribution in [-0.2, 0) is 0 Å². The third-order valence-corrected chi connectivity index (χ3v) is 4.41. The Morgan fingerprint density at radius 3 is 2.45 bits per heavy atom. The Labute approximate surface area is 142 Å². The van der Waals surface area contributed by atoms with Crippen molar-refractivity contribution in [3.63, 3.8) is 0 Å². The van der Waals surface area contributed by atoms with Crippen LogP contribution in [0.1, 0.15) is 23.5 Å². The van der Waals surface area contributed by atoms with Crippen molar-refractivity contribution in [2.45, 2.75) is 13.8 Å². The molecule has 0 saturated heterocycles. The van der Waals surface area contributed by atoms with Gasteiger partial charge in [-0.05, 0) is 29.0 Å². The smallest absolute Gasteiger partial charge is 0.264 e. The number of carbonyl (C=O) groups is 1. The third-order valence-electron chi connectivity index (χ3n) is 3.51. The second kappa shape index (κ2) is 7.77. The van der Waals surface area contributed by atoms with Crippen molar-refractivity contribution in [1.29, 1.82) is 0 Å². The molecule has 2 aromatic rings. The van der Waals surface area contributed by atoms with Crippen molar-refractivity contribution in [2.24, 2.45) is 11.1 Å². The molecule has 0 aliphatic heterocycles. The Morgan fingerprint density at radius 1 is 1.23 bits per heavy atom. The van der Waals surface area contributed by atoms with E-state index in [1.54, 1.807) is 4.90 Å². The number of amides is 1. The van der Waals surface area contributed by atoms with Crippen molar-refractivity contribution in [2.75, 3.05) is 20.1 Å². The molecule has 3 nitrogen and oxygen atoms in total. The first-order chi connectivity index (χ1) is 9.94. The Morgan fingerprint density at radius 2 is 1.86 bits per heavy atom. The van der Waals surface area contributed by atoms with Crippen molar-refractivity contribution in [3.05, 3.63) is 46.7 Å². The molecule has 2 rings (SSSR count). The predicted molar refractivity (Wildman–Crippen MR) is 96.8 cm³/mol. The Balaban J connectivity index is 0.00000242. The maximum atomic E-state index is 12.7. The zero-order valence-corrected chi connectivity index (χ0v) is 14.8. The van der Waals surface area contributed by atoms with Gasteiger partial charge in [0.2, 0.25) is 0 Å². The van der Waals surface area contributed by atoms with Crippen LogP contribution >= 0.6 is 23.7 Å². The second-order valence-electron chi connectivity index (χ2n) is 6.06. The fourth-order valence-electron chi connectivity index (χ4n) is 2.27. The van der Waals surface area contributed by atoms with Crippen LogP contribution in [0.2, 0.25) is 0 Å². The summed E-state index contributed by atoms with van der Waals surface area (Å²) in [5.74, 6) is 0.0605. The van der Waals surface area contributed by atoms with Crippen LogP contribution in [-0.4, -0.2) is 30.9 Å². The Hall–Kier alpha value is -1.36. The van der Waals surface area contributed by atoms with Crippen LogP contribution < -0.4 is 5.73 Å². The fourth-order valence-corrected chi connectivity index (χ4v) is 3.18. The van der Waals surface area contributed by atoms with Gasteiger partial charge in [0.25, 0.3) is 5.91 Å². The van der Waals surface area contributed by atoms with Crippen LogP contribution in [0.25, 0.3) is 11.1 Å². The number of halogens is 1.